The molecule has 0 aliphatic carbocycles. The molecule has 3 rings (SSSR count). The van der Waals surface area contributed by atoms with Crippen LogP contribution in [-0.4, -0.2) is 20.5 Å². The second-order valence-corrected chi connectivity index (χ2v) is 4.06. The van der Waals surface area contributed by atoms with Crippen LogP contribution in [0.5, 0.6) is 0 Å². The van der Waals surface area contributed by atoms with E-state index in [0.29, 0.717) is 16.9 Å². The number of nitrogens with zero attached hydrogens (tertiary/aromatic N) is 4. The van der Waals surface area contributed by atoms with Gasteiger partial charge in [0.15, 0.2) is 11.3 Å². The van der Waals surface area contributed by atoms with Gasteiger partial charge in [-0.2, -0.15) is 10.4 Å². The predicted molar refractivity (Wildman–Crippen MR) is 72.1 cm³/mol. The summed E-state index contributed by atoms with van der Waals surface area (Å²) in [4.78, 5) is 16.2. The Bertz CT molecular complexity index is 798. The van der Waals surface area contributed by atoms with Crippen LogP contribution in [0.1, 0.15) is 16.1 Å². The zero-order valence-corrected chi connectivity index (χ0v) is 10.3. The zero-order valence-electron chi connectivity index (χ0n) is 10.3. The van der Waals surface area contributed by atoms with Gasteiger partial charge in [-0.15, -0.1) is 0 Å². The van der Waals surface area contributed by atoms with Crippen molar-refractivity contribution in [2.45, 2.75) is 0 Å². The standard InChI is InChI=1S/C14H9N5O/c15-9-10-4-1-2-5-11(10)17-14(20)12-8-13-16-6-3-7-19(13)18-12/h1-8H,(H,17,20). The fourth-order valence-corrected chi connectivity index (χ4v) is 1.82. The van der Waals surface area contributed by atoms with Gasteiger partial charge in [-0.3, -0.25) is 4.79 Å². The van der Waals surface area contributed by atoms with Gasteiger partial charge in [0.2, 0.25) is 0 Å². The Hall–Kier alpha value is -3.20. The van der Waals surface area contributed by atoms with Gasteiger partial charge in [-0.1, -0.05) is 12.1 Å². The molecule has 1 aromatic carbocycles. The van der Waals surface area contributed by atoms with Gasteiger partial charge in [0, 0.05) is 18.5 Å². The molecule has 2 heterocycles. The van der Waals surface area contributed by atoms with E-state index in [9.17, 15) is 4.79 Å². The minimum Gasteiger partial charge on any atom is -0.319 e. The van der Waals surface area contributed by atoms with Crippen molar-refractivity contribution in [2.24, 2.45) is 0 Å². The maximum atomic E-state index is 12.1. The predicted octanol–water partition coefficient (Wildman–Crippen LogP) is 1.85. The van der Waals surface area contributed by atoms with Crippen molar-refractivity contribution in [3.05, 3.63) is 60.0 Å². The number of anilines is 1. The monoisotopic (exact) mass is 263 g/mol. The van der Waals surface area contributed by atoms with Crippen LogP contribution in [0.3, 0.4) is 0 Å². The Balaban J connectivity index is 1.91. The highest BCUT2D eigenvalue weighted by Gasteiger charge is 2.13. The van der Waals surface area contributed by atoms with Crippen LogP contribution in [0, 0.1) is 11.3 Å². The Kier molecular flexibility index (Phi) is 2.86. The van der Waals surface area contributed by atoms with Crippen LogP contribution in [0.4, 0.5) is 5.69 Å². The average molecular weight is 263 g/mol. The number of hydrogen-bond donors (Lipinski definition) is 1. The number of aromatic nitrogens is 3. The first-order valence-electron chi connectivity index (χ1n) is 5.89. The molecule has 0 bridgehead atoms. The summed E-state index contributed by atoms with van der Waals surface area (Å²) in [7, 11) is 0. The van der Waals surface area contributed by atoms with E-state index in [4.69, 9.17) is 5.26 Å². The second kappa shape index (κ2) is 4.82. The van der Waals surface area contributed by atoms with E-state index in [1.807, 2.05) is 6.07 Å². The summed E-state index contributed by atoms with van der Waals surface area (Å²) in [6.45, 7) is 0. The van der Waals surface area contributed by atoms with E-state index in [1.54, 1.807) is 48.8 Å². The molecule has 0 unspecified atom stereocenters. The summed E-state index contributed by atoms with van der Waals surface area (Å²) < 4.78 is 1.52. The lowest BCUT2D eigenvalue weighted by Crippen LogP contribution is -2.13. The first kappa shape index (κ1) is 11.9. The molecule has 1 N–H and O–H groups in total. The lowest BCUT2D eigenvalue weighted by atomic mass is 10.2. The van der Waals surface area contributed by atoms with E-state index in [0.717, 1.165) is 0 Å². The fourth-order valence-electron chi connectivity index (χ4n) is 1.82. The Morgan fingerprint density at radius 2 is 2.15 bits per heavy atom. The van der Waals surface area contributed by atoms with Crippen molar-refractivity contribution < 1.29 is 4.79 Å². The molecule has 1 amide bonds. The number of hydrogen-bond acceptors (Lipinski definition) is 4. The van der Waals surface area contributed by atoms with Crippen LogP contribution in [-0.2, 0) is 0 Å². The maximum absolute atomic E-state index is 12.1. The van der Waals surface area contributed by atoms with Crippen molar-refractivity contribution in [3.8, 4) is 6.07 Å². The first-order chi connectivity index (χ1) is 9.78. The molecule has 0 radical (unpaired) electrons. The quantitative estimate of drug-likeness (QED) is 0.764. The molecule has 0 fully saturated rings. The topological polar surface area (TPSA) is 83.1 Å². The molecule has 0 atom stereocenters. The molecule has 0 aliphatic heterocycles. The van der Waals surface area contributed by atoms with Gasteiger partial charge in [0.25, 0.3) is 5.91 Å². The summed E-state index contributed by atoms with van der Waals surface area (Å²) in [6.07, 6.45) is 3.34. The molecule has 0 saturated heterocycles. The van der Waals surface area contributed by atoms with Gasteiger partial charge in [0.05, 0.1) is 11.3 Å². The number of amides is 1. The molecule has 2 aromatic heterocycles. The number of nitriles is 1. The molecular formula is C14H9N5O. The van der Waals surface area contributed by atoms with Gasteiger partial charge in [0.1, 0.15) is 6.07 Å². The van der Waals surface area contributed by atoms with E-state index in [2.05, 4.69) is 15.4 Å². The zero-order chi connectivity index (χ0) is 13.9. The van der Waals surface area contributed by atoms with Crippen LogP contribution in [0.15, 0.2) is 48.8 Å². The number of fused-ring (bicyclic) bond motifs is 1. The molecule has 0 aliphatic rings. The molecule has 0 spiro atoms. The van der Waals surface area contributed by atoms with Crippen molar-refractivity contribution in [1.82, 2.24) is 14.6 Å². The van der Waals surface area contributed by atoms with E-state index >= 15 is 0 Å². The van der Waals surface area contributed by atoms with Crippen LogP contribution >= 0.6 is 0 Å². The number of nitrogens with one attached hydrogen (secondary N) is 1. The Labute approximate surface area is 114 Å². The Morgan fingerprint density at radius 3 is 2.95 bits per heavy atom. The van der Waals surface area contributed by atoms with Gasteiger partial charge in [-0.05, 0) is 18.2 Å². The Morgan fingerprint density at radius 1 is 1.30 bits per heavy atom. The minimum atomic E-state index is -0.377. The summed E-state index contributed by atoms with van der Waals surface area (Å²) in [6, 6.07) is 12.1. The normalized spacial score (nSPS) is 10.2. The number of para-hydroxylation sites is 1. The number of rotatable bonds is 2. The molecule has 6 heteroatoms. The molecule has 0 saturated carbocycles. The number of carbonyl (C=O) groups excluding carboxylic acids is 1. The van der Waals surface area contributed by atoms with Crippen LogP contribution < -0.4 is 5.32 Å². The van der Waals surface area contributed by atoms with Gasteiger partial charge < -0.3 is 5.32 Å². The summed E-state index contributed by atoms with van der Waals surface area (Å²) in [5.74, 6) is -0.377. The minimum absolute atomic E-state index is 0.247. The summed E-state index contributed by atoms with van der Waals surface area (Å²) >= 11 is 0. The first-order valence-corrected chi connectivity index (χ1v) is 5.89. The summed E-state index contributed by atoms with van der Waals surface area (Å²) in [5, 5.41) is 15.8. The van der Waals surface area contributed by atoms with Crippen molar-refractivity contribution >= 4 is 17.2 Å². The highest BCUT2D eigenvalue weighted by Crippen LogP contribution is 2.15. The third kappa shape index (κ3) is 2.08. The fraction of sp³-hybridized carbons (Fsp3) is 0. The number of benzene rings is 1. The second-order valence-electron chi connectivity index (χ2n) is 4.06. The van der Waals surface area contributed by atoms with Crippen molar-refractivity contribution in [2.75, 3.05) is 5.32 Å². The van der Waals surface area contributed by atoms with E-state index in [-0.39, 0.29) is 11.6 Å². The molecule has 96 valence electrons. The molecular weight excluding hydrogens is 254 g/mol. The third-order valence-corrected chi connectivity index (χ3v) is 2.76. The largest absolute Gasteiger partial charge is 0.319 e. The van der Waals surface area contributed by atoms with Gasteiger partial charge >= 0.3 is 0 Å². The maximum Gasteiger partial charge on any atom is 0.276 e. The molecule has 6 nitrogen and oxygen atoms in total. The van der Waals surface area contributed by atoms with Crippen LogP contribution in [0.25, 0.3) is 5.65 Å². The van der Waals surface area contributed by atoms with Crippen molar-refractivity contribution in [3.63, 3.8) is 0 Å². The molecule has 3 aromatic rings. The van der Waals surface area contributed by atoms with E-state index in [1.165, 1.54) is 4.52 Å². The number of carbonyl (C=O) groups is 1. The highest BCUT2D eigenvalue weighted by molar-refractivity contribution is 6.04. The highest BCUT2D eigenvalue weighted by atomic mass is 16.1. The van der Waals surface area contributed by atoms with Gasteiger partial charge in [-0.25, -0.2) is 9.50 Å². The lowest BCUT2D eigenvalue weighted by molar-refractivity contribution is 0.102. The average Bonchev–Trinajstić information content (AvgIpc) is 2.92. The smallest absolute Gasteiger partial charge is 0.276 e. The molecule has 20 heavy (non-hydrogen) atoms. The van der Waals surface area contributed by atoms with Crippen LogP contribution in [0.2, 0.25) is 0 Å². The lowest BCUT2D eigenvalue weighted by Gasteiger charge is -2.04. The third-order valence-electron chi connectivity index (χ3n) is 2.76. The summed E-state index contributed by atoms with van der Waals surface area (Å²) in [5.41, 5.74) is 1.70. The van der Waals surface area contributed by atoms with Crippen molar-refractivity contribution in [1.29, 1.82) is 5.26 Å². The van der Waals surface area contributed by atoms with E-state index < -0.39 is 0 Å². The SMILES string of the molecule is N#Cc1ccccc1NC(=O)c1cc2ncccn2n1.